The Balaban J connectivity index is 1.34. The number of nitrogens with zero attached hydrogens (tertiary/aromatic N) is 3. The van der Waals surface area contributed by atoms with Gasteiger partial charge in [0.15, 0.2) is 0 Å². The van der Waals surface area contributed by atoms with Gasteiger partial charge >= 0.3 is 6.03 Å². The van der Waals surface area contributed by atoms with E-state index in [9.17, 15) is 14.4 Å². The SMILES string of the molecule is Cc1nn(-c2ccccc2)c(Cl)c1C(=O)NCCCN1C(=O)NC2(CCCC2)C1=O. The number of para-hydroxylation sites is 1. The Kier molecular flexibility index (Phi) is 5.51. The quantitative estimate of drug-likeness (QED) is 0.545. The fraction of sp³-hybridized carbons (Fsp3) is 0.429. The molecule has 158 valence electrons. The highest BCUT2D eigenvalue weighted by Crippen LogP contribution is 2.35. The maximum Gasteiger partial charge on any atom is 0.325 e. The molecule has 2 aliphatic rings. The van der Waals surface area contributed by atoms with Crippen LogP contribution in [0.1, 0.15) is 48.2 Å². The summed E-state index contributed by atoms with van der Waals surface area (Å²) in [7, 11) is 0. The summed E-state index contributed by atoms with van der Waals surface area (Å²) in [6, 6.07) is 9.00. The predicted molar refractivity (Wildman–Crippen MR) is 112 cm³/mol. The largest absolute Gasteiger partial charge is 0.352 e. The normalized spacial score (nSPS) is 17.6. The summed E-state index contributed by atoms with van der Waals surface area (Å²) in [5.41, 5.74) is 0.917. The van der Waals surface area contributed by atoms with Crippen LogP contribution < -0.4 is 10.6 Å². The van der Waals surface area contributed by atoms with Gasteiger partial charge in [-0.15, -0.1) is 0 Å². The first-order valence-corrected chi connectivity index (χ1v) is 10.5. The van der Waals surface area contributed by atoms with Gasteiger partial charge in [0.25, 0.3) is 11.8 Å². The van der Waals surface area contributed by atoms with Gasteiger partial charge < -0.3 is 10.6 Å². The zero-order chi connectivity index (χ0) is 21.3. The molecule has 2 N–H and O–H groups in total. The van der Waals surface area contributed by atoms with E-state index in [1.807, 2.05) is 30.3 Å². The van der Waals surface area contributed by atoms with E-state index >= 15 is 0 Å². The Morgan fingerprint density at radius 3 is 2.63 bits per heavy atom. The molecule has 1 saturated carbocycles. The van der Waals surface area contributed by atoms with Crippen LogP contribution in [-0.4, -0.2) is 51.2 Å². The highest BCUT2D eigenvalue weighted by Gasteiger charge is 2.51. The number of hydrogen-bond acceptors (Lipinski definition) is 4. The topological polar surface area (TPSA) is 96.3 Å². The lowest BCUT2D eigenvalue weighted by molar-refractivity contribution is -0.131. The van der Waals surface area contributed by atoms with Gasteiger partial charge in [0.2, 0.25) is 0 Å². The van der Waals surface area contributed by atoms with E-state index in [-0.39, 0.29) is 29.5 Å². The molecule has 1 spiro atoms. The number of carbonyl (C=O) groups is 3. The van der Waals surface area contributed by atoms with Crippen molar-refractivity contribution >= 4 is 29.4 Å². The number of amides is 4. The van der Waals surface area contributed by atoms with Crippen molar-refractivity contribution in [1.29, 1.82) is 0 Å². The number of benzene rings is 1. The molecule has 1 aromatic heterocycles. The standard InChI is InChI=1S/C21H24ClN5O3/c1-14-16(17(22)27(25-14)15-8-3-2-4-9-15)18(28)23-12-7-13-26-19(29)21(24-20(26)30)10-5-6-11-21/h2-4,8-9H,5-7,10-13H2,1H3,(H,23,28)(H,24,30). The van der Waals surface area contributed by atoms with Crippen LogP contribution in [0.25, 0.3) is 5.69 Å². The highest BCUT2D eigenvalue weighted by molar-refractivity contribution is 6.33. The second-order valence-corrected chi connectivity index (χ2v) is 8.14. The van der Waals surface area contributed by atoms with Crippen molar-refractivity contribution in [3.05, 3.63) is 46.7 Å². The van der Waals surface area contributed by atoms with Crippen LogP contribution in [-0.2, 0) is 4.79 Å². The molecule has 4 rings (SSSR count). The third kappa shape index (κ3) is 3.56. The summed E-state index contributed by atoms with van der Waals surface area (Å²) in [5.74, 6) is -0.469. The molecule has 0 radical (unpaired) electrons. The molecule has 2 aromatic rings. The van der Waals surface area contributed by atoms with Crippen molar-refractivity contribution in [2.24, 2.45) is 0 Å². The molecule has 30 heavy (non-hydrogen) atoms. The second kappa shape index (κ2) is 8.10. The summed E-state index contributed by atoms with van der Waals surface area (Å²) < 4.78 is 1.53. The van der Waals surface area contributed by atoms with E-state index in [1.165, 1.54) is 9.58 Å². The Morgan fingerprint density at radius 2 is 1.93 bits per heavy atom. The van der Waals surface area contributed by atoms with Gasteiger partial charge in [-0.25, -0.2) is 9.48 Å². The maximum atomic E-state index is 12.7. The third-order valence-electron chi connectivity index (χ3n) is 5.78. The van der Waals surface area contributed by atoms with Gasteiger partial charge in [0, 0.05) is 13.1 Å². The first-order valence-electron chi connectivity index (χ1n) is 10.2. The van der Waals surface area contributed by atoms with Crippen LogP contribution in [0.5, 0.6) is 0 Å². The summed E-state index contributed by atoms with van der Waals surface area (Å²) in [4.78, 5) is 38.8. The summed E-state index contributed by atoms with van der Waals surface area (Å²) >= 11 is 6.42. The maximum absolute atomic E-state index is 12.7. The number of urea groups is 1. The fourth-order valence-electron chi connectivity index (χ4n) is 4.22. The minimum absolute atomic E-state index is 0.139. The van der Waals surface area contributed by atoms with Crippen molar-refractivity contribution in [3.63, 3.8) is 0 Å². The smallest absolute Gasteiger partial charge is 0.325 e. The van der Waals surface area contributed by atoms with E-state index in [0.717, 1.165) is 18.5 Å². The van der Waals surface area contributed by atoms with Crippen LogP contribution in [0.2, 0.25) is 5.15 Å². The van der Waals surface area contributed by atoms with Crippen molar-refractivity contribution in [1.82, 2.24) is 25.3 Å². The van der Waals surface area contributed by atoms with E-state index in [0.29, 0.717) is 37.1 Å². The third-order valence-corrected chi connectivity index (χ3v) is 6.13. The Hall–Kier alpha value is -2.87. The molecule has 2 fully saturated rings. The summed E-state index contributed by atoms with van der Waals surface area (Å²) in [6.45, 7) is 2.31. The lowest BCUT2D eigenvalue weighted by Crippen LogP contribution is -2.44. The molecule has 1 saturated heterocycles. The van der Waals surface area contributed by atoms with Crippen molar-refractivity contribution in [3.8, 4) is 5.69 Å². The minimum Gasteiger partial charge on any atom is -0.352 e. The summed E-state index contributed by atoms with van der Waals surface area (Å²) in [6.07, 6.45) is 3.77. The van der Waals surface area contributed by atoms with Gasteiger partial charge in [0.05, 0.1) is 16.9 Å². The van der Waals surface area contributed by atoms with Gasteiger partial charge in [0.1, 0.15) is 10.7 Å². The number of rotatable bonds is 6. The van der Waals surface area contributed by atoms with Gasteiger partial charge in [-0.2, -0.15) is 5.10 Å². The molecular formula is C21H24ClN5O3. The van der Waals surface area contributed by atoms with Gasteiger partial charge in [-0.3, -0.25) is 14.5 Å². The average Bonchev–Trinajstić information content (AvgIpc) is 3.38. The van der Waals surface area contributed by atoms with Crippen LogP contribution in [0.3, 0.4) is 0 Å². The van der Waals surface area contributed by atoms with E-state index in [1.54, 1.807) is 6.92 Å². The molecule has 1 aliphatic carbocycles. The Morgan fingerprint density at radius 1 is 1.23 bits per heavy atom. The highest BCUT2D eigenvalue weighted by atomic mass is 35.5. The number of hydrogen-bond donors (Lipinski definition) is 2. The molecular weight excluding hydrogens is 406 g/mol. The zero-order valence-corrected chi connectivity index (χ0v) is 17.5. The number of aromatic nitrogens is 2. The molecule has 0 atom stereocenters. The first kappa shape index (κ1) is 20.4. The van der Waals surface area contributed by atoms with E-state index in [2.05, 4.69) is 15.7 Å². The number of aryl methyl sites for hydroxylation is 1. The number of nitrogens with one attached hydrogen (secondary N) is 2. The average molecular weight is 430 g/mol. The molecule has 1 aromatic carbocycles. The molecule has 2 heterocycles. The Labute approximate surface area is 179 Å². The van der Waals surface area contributed by atoms with Crippen LogP contribution >= 0.6 is 11.6 Å². The van der Waals surface area contributed by atoms with Gasteiger partial charge in [-0.1, -0.05) is 42.6 Å². The first-order chi connectivity index (χ1) is 14.4. The number of carbonyl (C=O) groups excluding carboxylic acids is 3. The van der Waals surface area contributed by atoms with Crippen molar-refractivity contribution < 1.29 is 14.4 Å². The monoisotopic (exact) mass is 429 g/mol. The van der Waals surface area contributed by atoms with Crippen molar-refractivity contribution in [2.75, 3.05) is 13.1 Å². The Bertz CT molecular complexity index is 982. The van der Waals surface area contributed by atoms with Gasteiger partial charge in [-0.05, 0) is 38.3 Å². The zero-order valence-electron chi connectivity index (χ0n) is 16.8. The number of imide groups is 1. The van der Waals surface area contributed by atoms with E-state index in [4.69, 9.17) is 11.6 Å². The fourth-order valence-corrected chi connectivity index (χ4v) is 4.58. The minimum atomic E-state index is -0.697. The second-order valence-electron chi connectivity index (χ2n) is 7.78. The van der Waals surface area contributed by atoms with Crippen LogP contribution in [0, 0.1) is 6.92 Å². The lowest BCUT2D eigenvalue weighted by Gasteiger charge is -2.20. The van der Waals surface area contributed by atoms with Crippen LogP contribution in [0.15, 0.2) is 30.3 Å². The predicted octanol–water partition coefficient (Wildman–Crippen LogP) is 2.82. The summed E-state index contributed by atoms with van der Waals surface area (Å²) in [5, 5.41) is 10.3. The molecule has 1 aliphatic heterocycles. The van der Waals surface area contributed by atoms with E-state index < -0.39 is 5.54 Å². The lowest BCUT2D eigenvalue weighted by atomic mass is 9.98. The van der Waals surface area contributed by atoms with Crippen LogP contribution in [0.4, 0.5) is 4.79 Å². The molecule has 4 amide bonds. The van der Waals surface area contributed by atoms with Crippen molar-refractivity contribution in [2.45, 2.75) is 44.6 Å². The molecule has 9 heteroatoms. The number of halogens is 1. The molecule has 0 bridgehead atoms. The molecule has 0 unspecified atom stereocenters. The molecule has 8 nitrogen and oxygen atoms in total.